The highest BCUT2D eigenvalue weighted by molar-refractivity contribution is 6.34. The van der Waals surface area contributed by atoms with E-state index in [1.807, 2.05) is 0 Å². The van der Waals surface area contributed by atoms with Crippen LogP contribution < -0.4 is 10.1 Å². The van der Waals surface area contributed by atoms with Gasteiger partial charge in [-0.25, -0.2) is 0 Å². The van der Waals surface area contributed by atoms with Crippen LogP contribution in [0, 0.1) is 0 Å². The van der Waals surface area contributed by atoms with Gasteiger partial charge in [-0.15, -0.1) is 0 Å². The maximum Gasteiger partial charge on any atom is 0.317 e. The average Bonchev–Trinajstić information content (AvgIpc) is 2.15. The van der Waals surface area contributed by atoms with Crippen molar-refractivity contribution < 1.29 is 14.6 Å². The Kier molecular flexibility index (Phi) is 5.38. The van der Waals surface area contributed by atoms with Crippen LogP contribution in [0.15, 0.2) is 18.2 Å². The number of halogens is 2. The standard InChI is InChI=1S/C10H11Cl2NO3/c11-7-3-8(12)5-9(4-7)16-2-1-13-6-10(14)15/h3-5,13H,1-2,6H2,(H,14,15). The van der Waals surface area contributed by atoms with Crippen LogP contribution >= 0.6 is 23.2 Å². The summed E-state index contributed by atoms with van der Waals surface area (Å²) in [6, 6.07) is 4.90. The fourth-order valence-corrected chi connectivity index (χ4v) is 1.55. The number of aliphatic carboxylic acids is 1. The summed E-state index contributed by atoms with van der Waals surface area (Å²) in [7, 11) is 0. The molecule has 0 amide bonds. The molecular formula is C10H11Cl2NO3. The lowest BCUT2D eigenvalue weighted by Crippen LogP contribution is -2.26. The monoisotopic (exact) mass is 263 g/mol. The smallest absolute Gasteiger partial charge is 0.317 e. The van der Waals surface area contributed by atoms with Gasteiger partial charge in [0.1, 0.15) is 12.4 Å². The number of carboxylic acids is 1. The van der Waals surface area contributed by atoms with E-state index in [1.165, 1.54) is 0 Å². The Hall–Kier alpha value is -0.970. The van der Waals surface area contributed by atoms with Crippen LogP contribution in [0.25, 0.3) is 0 Å². The SMILES string of the molecule is O=C(O)CNCCOc1cc(Cl)cc(Cl)c1. The summed E-state index contributed by atoms with van der Waals surface area (Å²) in [6.07, 6.45) is 0. The van der Waals surface area contributed by atoms with Gasteiger partial charge in [0.05, 0.1) is 6.54 Å². The van der Waals surface area contributed by atoms with Crippen molar-refractivity contribution in [1.82, 2.24) is 5.32 Å². The zero-order valence-electron chi connectivity index (χ0n) is 8.37. The van der Waals surface area contributed by atoms with E-state index in [4.69, 9.17) is 33.0 Å². The van der Waals surface area contributed by atoms with E-state index < -0.39 is 5.97 Å². The molecule has 16 heavy (non-hydrogen) atoms. The molecule has 0 bridgehead atoms. The molecule has 0 aromatic heterocycles. The summed E-state index contributed by atoms with van der Waals surface area (Å²) in [5.74, 6) is -0.333. The van der Waals surface area contributed by atoms with Gasteiger partial charge in [0.2, 0.25) is 0 Å². The van der Waals surface area contributed by atoms with Gasteiger partial charge in [0.15, 0.2) is 0 Å². The van der Waals surface area contributed by atoms with E-state index in [2.05, 4.69) is 5.32 Å². The largest absolute Gasteiger partial charge is 0.492 e. The third kappa shape index (κ3) is 5.21. The molecule has 0 atom stereocenters. The summed E-state index contributed by atoms with van der Waals surface area (Å²) in [5.41, 5.74) is 0. The lowest BCUT2D eigenvalue weighted by Gasteiger charge is -2.07. The van der Waals surface area contributed by atoms with Crippen LogP contribution in [0.1, 0.15) is 0 Å². The van der Waals surface area contributed by atoms with Crippen LogP contribution in [0.2, 0.25) is 10.0 Å². The maximum absolute atomic E-state index is 10.2. The summed E-state index contributed by atoms with van der Waals surface area (Å²) in [5, 5.41) is 12.1. The summed E-state index contributed by atoms with van der Waals surface area (Å²) in [4.78, 5) is 10.2. The van der Waals surface area contributed by atoms with Gasteiger partial charge in [-0.2, -0.15) is 0 Å². The molecule has 4 nitrogen and oxygen atoms in total. The zero-order chi connectivity index (χ0) is 12.0. The van der Waals surface area contributed by atoms with E-state index in [0.29, 0.717) is 28.9 Å². The summed E-state index contributed by atoms with van der Waals surface area (Å²) >= 11 is 11.5. The van der Waals surface area contributed by atoms with Crippen LogP contribution in [0.4, 0.5) is 0 Å². The topological polar surface area (TPSA) is 58.6 Å². The van der Waals surface area contributed by atoms with Crippen molar-refractivity contribution >= 4 is 29.2 Å². The molecule has 0 unspecified atom stereocenters. The van der Waals surface area contributed by atoms with Crippen molar-refractivity contribution in [3.05, 3.63) is 28.2 Å². The lowest BCUT2D eigenvalue weighted by atomic mass is 10.3. The van der Waals surface area contributed by atoms with Crippen LogP contribution in [-0.4, -0.2) is 30.8 Å². The molecule has 1 rings (SSSR count). The molecule has 0 aliphatic rings. The first-order valence-corrected chi connectivity index (χ1v) is 5.35. The number of carboxylic acid groups (broad SMARTS) is 1. The minimum Gasteiger partial charge on any atom is -0.492 e. The third-order valence-corrected chi connectivity index (χ3v) is 2.10. The summed E-state index contributed by atoms with van der Waals surface area (Å²) in [6.45, 7) is 0.708. The molecule has 0 aliphatic heterocycles. The maximum atomic E-state index is 10.2. The van der Waals surface area contributed by atoms with Crippen molar-refractivity contribution in [2.24, 2.45) is 0 Å². The molecule has 1 aromatic rings. The molecule has 0 fully saturated rings. The van der Waals surface area contributed by atoms with Crippen LogP contribution in [0.3, 0.4) is 0 Å². The van der Waals surface area contributed by atoms with E-state index in [-0.39, 0.29) is 6.54 Å². The van der Waals surface area contributed by atoms with E-state index in [9.17, 15) is 4.79 Å². The fraction of sp³-hybridized carbons (Fsp3) is 0.300. The van der Waals surface area contributed by atoms with Crippen molar-refractivity contribution in [2.45, 2.75) is 0 Å². The van der Waals surface area contributed by atoms with Crippen molar-refractivity contribution in [2.75, 3.05) is 19.7 Å². The first kappa shape index (κ1) is 13.1. The van der Waals surface area contributed by atoms with Gasteiger partial charge in [-0.05, 0) is 18.2 Å². The normalized spacial score (nSPS) is 10.1. The van der Waals surface area contributed by atoms with Crippen molar-refractivity contribution in [3.8, 4) is 5.75 Å². The Morgan fingerprint density at radius 3 is 2.50 bits per heavy atom. The molecular weight excluding hydrogens is 253 g/mol. The highest BCUT2D eigenvalue weighted by Crippen LogP contribution is 2.23. The Bertz CT molecular complexity index is 351. The molecule has 0 spiro atoms. The molecule has 0 aliphatic carbocycles. The van der Waals surface area contributed by atoms with Gasteiger partial charge >= 0.3 is 5.97 Å². The first-order chi connectivity index (χ1) is 7.58. The van der Waals surface area contributed by atoms with E-state index in [0.717, 1.165) is 0 Å². The van der Waals surface area contributed by atoms with Gasteiger partial charge in [0, 0.05) is 16.6 Å². The van der Waals surface area contributed by atoms with E-state index >= 15 is 0 Å². The molecule has 0 heterocycles. The van der Waals surface area contributed by atoms with Gasteiger partial charge in [0.25, 0.3) is 0 Å². The second kappa shape index (κ2) is 6.58. The third-order valence-electron chi connectivity index (χ3n) is 1.66. The van der Waals surface area contributed by atoms with Gasteiger partial charge < -0.3 is 15.2 Å². The fourth-order valence-electron chi connectivity index (χ4n) is 1.05. The predicted octanol–water partition coefficient (Wildman–Crippen LogP) is 2.05. The quantitative estimate of drug-likeness (QED) is 0.772. The Labute approximate surface area is 103 Å². The second-order valence-corrected chi connectivity index (χ2v) is 3.90. The Morgan fingerprint density at radius 2 is 1.94 bits per heavy atom. The number of hydrogen-bond acceptors (Lipinski definition) is 3. The van der Waals surface area contributed by atoms with Crippen LogP contribution in [-0.2, 0) is 4.79 Å². The molecule has 2 N–H and O–H groups in total. The van der Waals surface area contributed by atoms with Crippen molar-refractivity contribution in [3.63, 3.8) is 0 Å². The number of hydrogen-bond donors (Lipinski definition) is 2. The highest BCUT2D eigenvalue weighted by Gasteiger charge is 1.99. The first-order valence-electron chi connectivity index (χ1n) is 4.59. The molecule has 0 saturated heterocycles. The number of carbonyl (C=O) groups is 1. The molecule has 6 heteroatoms. The van der Waals surface area contributed by atoms with Gasteiger partial charge in [-0.3, -0.25) is 4.79 Å². The lowest BCUT2D eigenvalue weighted by molar-refractivity contribution is -0.135. The van der Waals surface area contributed by atoms with E-state index in [1.54, 1.807) is 18.2 Å². The number of ether oxygens (including phenoxy) is 1. The predicted molar refractivity (Wildman–Crippen MR) is 62.5 cm³/mol. The molecule has 1 aromatic carbocycles. The van der Waals surface area contributed by atoms with Crippen molar-refractivity contribution in [1.29, 1.82) is 0 Å². The molecule has 0 saturated carbocycles. The summed E-state index contributed by atoms with van der Waals surface area (Å²) < 4.78 is 5.33. The minimum absolute atomic E-state index is 0.0837. The molecule has 0 radical (unpaired) electrons. The number of benzene rings is 1. The van der Waals surface area contributed by atoms with Gasteiger partial charge in [-0.1, -0.05) is 23.2 Å². The van der Waals surface area contributed by atoms with Crippen LogP contribution in [0.5, 0.6) is 5.75 Å². The number of rotatable bonds is 6. The zero-order valence-corrected chi connectivity index (χ0v) is 9.88. The Balaban J connectivity index is 2.29. The Morgan fingerprint density at radius 1 is 1.31 bits per heavy atom. The highest BCUT2D eigenvalue weighted by atomic mass is 35.5. The number of nitrogens with one attached hydrogen (secondary N) is 1. The average molecular weight is 264 g/mol. The molecule has 88 valence electrons. The second-order valence-electron chi connectivity index (χ2n) is 3.02. The minimum atomic E-state index is -0.897.